The third-order valence-electron chi connectivity index (χ3n) is 5.75. The van der Waals surface area contributed by atoms with E-state index in [0.717, 1.165) is 24.8 Å². The van der Waals surface area contributed by atoms with Crippen molar-refractivity contribution in [1.82, 2.24) is 10.2 Å². The fourth-order valence-electron chi connectivity index (χ4n) is 4.73. The van der Waals surface area contributed by atoms with Crippen LogP contribution in [0.1, 0.15) is 37.7 Å². The van der Waals surface area contributed by atoms with Crippen LogP contribution in [0.15, 0.2) is 30.3 Å². The molecule has 0 aromatic heterocycles. The Hall–Kier alpha value is -2.17. The SMILES string of the molecule is O=C1C[C@@H]2C(=O)N(Cc3ccccc3)[C@@H]3CCCC[C@]23C(=O)N1. The van der Waals surface area contributed by atoms with Crippen LogP contribution in [-0.2, 0) is 20.9 Å². The molecule has 0 radical (unpaired) electrons. The number of likely N-dealkylation sites (tertiary alicyclic amines) is 1. The van der Waals surface area contributed by atoms with Gasteiger partial charge in [0.2, 0.25) is 17.7 Å². The summed E-state index contributed by atoms with van der Waals surface area (Å²) in [5, 5.41) is 2.49. The van der Waals surface area contributed by atoms with Crippen molar-refractivity contribution < 1.29 is 14.4 Å². The van der Waals surface area contributed by atoms with E-state index in [1.54, 1.807) is 0 Å². The van der Waals surface area contributed by atoms with Gasteiger partial charge in [-0.25, -0.2) is 0 Å². The number of benzene rings is 1. The van der Waals surface area contributed by atoms with Gasteiger partial charge >= 0.3 is 0 Å². The lowest BCUT2D eigenvalue weighted by Crippen LogP contribution is -2.58. The van der Waals surface area contributed by atoms with Crippen molar-refractivity contribution in [1.29, 1.82) is 0 Å². The van der Waals surface area contributed by atoms with Gasteiger partial charge in [-0.05, 0) is 18.4 Å². The molecule has 5 heteroatoms. The van der Waals surface area contributed by atoms with Crippen molar-refractivity contribution in [3.05, 3.63) is 35.9 Å². The molecule has 2 aliphatic heterocycles. The largest absolute Gasteiger partial charge is 0.334 e. The fraction of sp³-hybridized carbons (Fsp3) is 0.500. The number of carbonyl (C=O) groups is 3. The molecule has 2 saturated heterocycles. The van der Waals surface area contributed by atoms with E-state index in [4.69, 9.17) is 0 Å². The zero-order valence-corrected chi connectivity index (χ0v) is 13.0. The third-order valence-corrected chi connectivity index (χ3v) is 5.75. The number of hydrogen-bond acceptors (Lipinski definition) is 3. The second-order valence-electron chi connectivity index (χ2n) is 6.89. The van der Waals surface area contributed by atoms with E-state index >= 15 is 0 Å². The number of hydrogen-bond donors (Lipinski definition) is 1. The molecule has 0 bridgehead atoms. The molecule has 23 heavy (non-hydrogen) atoms. The minimum absolute atomic E-state index is 0.0241. The van der Waals surface area contributed by atoms with E-state index in [2.05, 4.69) is 5.32 Å². The molecule has 5 nitrogen and oxygen atoms in total. The maximum atomic E-state index is 13.0. The smallest absolute Gasteiger partial charge is 0.235 e. The van der Waals surface area contributed by atoms with Crippen molar-refractivity contribution >= 4 is 17.7 Å². The van der Waals surface area contributed by atoms with Crippen LogP contribution >= 0.6 is 0 Å². The summed E-state index contributed by atoms with van der Waals surface area (Å²) in [6, 6.07) is 9.77. The minimum Gasteiger partial charge on any atom is -0.334 e. The van der Waals surface area contributed by atoms with Crippen LogP contribution in [0.2, 0.25) is 0 Å². The first-order valence-corrected chi connectivity index (χ1v) is 8.31. The molecule has 1 N–H and O–H groups in total. The molecule has 1 saturated carbocycles. The Morgan fingerprint density at radius 1 is 1.13 bits per heavy atom. The van der Waals surface area contributed by atoms with Gasteiger partial charge in [-0.2, -0.15) is 0 Å². The number of nitrogens with one attached hydrogen (secondary N) is 1. The number of imide groups is 1. The summed E-state index contributed by atoms with van der Waals surface area (Å²) in [6.07, 6.45) is 3.67. The minimum atomic E-state index is -0.696. The average molecular weight is 312 g/mol. The van der Waals surface area contributed by atoms with Gasteiger partial charge in [0.05, 0.1) is 11.3 Å². The van der Waals surface area contributed by atoms with Crippen LogP contribution in [0.4, 0.5) is 0 Å². The molecule has 1 aliphatic carbocycles. The van der Waals surface area contributed by atoms with Gasteiger partial charge < -0.3 is 4.90 Å². The van der Waals surface area contributed by atoms with Gasteiger partial charge in [0.15, 0.2) is 0 Å². The molecular weight excluding hydrogens is 292 g/mol. The first-order chi connectivity index (χ1) is 11.1. The Morgan fingerprint density at radius 2 is 1.91 bits per heavy atom. The number of carbonyl (C=O) groups excluding carboxylic acids is 3. The molecule has 3 amide bonds. The van der Waals surface area contributed by atoms with E-state index in [0.29, 0.717) is 13.0 Å². The van der Waals surface area contributed by atoms with Crippen LogP contribution in [0.25, 0.3) is 0 Å². The first kappa shape index (κ1) is 14.4. The Labute approximate surface area is 135 Å². The van der Waals surface area contributed by atoms with Crippen molar-refractivity contribution in [2.75, 3.05) is 0 Å². The Morgan fingerprint density at radius 3 is 2.70 bits per heavy atom. The zero-order valence-electron chi connectivity index (χ0n) is 13.0. The van der Waals surface area contributed by atoms with Gasteiger partial charge in [0.1, 0.15) is 0 Å². The quantitative estimate of drug-likeness (QED) is 0.844. The molecule has 4 rings (SSSR count). The highest BCUT2D eigenvalue weighted by atomic mass is 16.2. The highest BCUT2D eigenvalue weighted by molar-refractivity contribution is 6.07. The summed E-state index contributed by atoms with van der Waals surface area (Å²) < 4.78 is 0. The second-order valence-corrected chi connectivity index (χ2v) is 6.89. The summed E-state index contributed by atoms with van der Waals surface area (Å²) in [7, 11) is 0. The van der Waals surface area contributed by atoms with Crippen molar-refractivity contribution in [2.24, 2.45) is 11.3 Å². The number of amides is 3. The van der Waals surface area contributed by atoms with Crippen LogP contribution in [0.3, 0.4) is 0 Å². The lowest BCUT2D eigenvalue weighted by Gasteiger charge is -2.43. The van der Waals surface area contributed by atoms with Crippen LogP contribution in [0.5, 0.6) is 0 Å². The number of piperidine rings is 1. The average Bonchev–Trinajstić information content (AvgIpc) is 2.80. The monoisotopic (exact) mass is 312 g/mol. The molecule has 3 aliphatic rings. The van der Waals surface area contributed by atoms with Gasteiger partial charge in [-0.3, -0.25) is 19.7 Å². The van der Waals surface area contributed by atoms with Crippen LogP contribution < -0.4 is 5.32 Å². The summed E-state index contributed by atoms with van der Waals surface area (Å²) in [4.78, 5) is 39.3. The number of rotatable bonds is 2. The predicted octanol–water partition coefficient (Wildman–Crippen LogP) is 1.62. The van der Waals surface area contributed by atoms with Gasteiger partial charge in [0, 0.05) is 19.0 Å². The standard InChI is InChI=1S/C18H20N2O3/c21-15-10-13-16(22)20(11-12-6-2-1-3-7-12)14-8-4-5-9-18(13,14)17(23)19-15/h1-3,6-7,13-14H,4-5,8-11H2,(H,19,21,23)/t13-,14-,18+/m1/s1. The van der Waals surface area contributed by atoms with Crippen molar-refractivity contribution in [3.63, 3.8) is 0 Å². The van der Waals surface area contributed by atoms with E-state index < -0.39 is 11.3 Å². The van der Waals surface area contributed by atoms with Gasteiger partial charge in [-0.1, -0.05) is 43.2 Å². The summed E-state index contributed by atoms with van der Waals surface area (Å²) in [6.45, 7) is 0.518. The highest BCUT2D eigenvalue weighted by Gasteiger charge is 2.65. The first-order valence-electron chi connectivity index (χ1n) is 8.31. The highest BCUT2D eigenvalue weighted by Crippen LogP contribution is 2.54. The molecule has 0 unspecified atom stereocenters. The Bertz CT molecular complexity index is 672. The maximum Gasteiger partial charge on any atom is 0.235 e. The van der Waals surface area contributed by atoms with E-state index in [1.165, 1.54) is 0 Å². The Kier molecular flexibility index (Phi) is 3.25. The van der Waals surface area contributed by atoms with E-state index in [9.17, 15) is 14.4 Å². The van der Waals surface area contributed by atoms with Crippen LogP contribution in [0, 0.1) is 11.3 Å². The predicted molar refractivity (Wildman–Crippen MR) is 82.9 cm³/mol. The molecule has 1 spiro atoms. The summed E-state index contributed by atoms with van der Waals surface area (Å²) >= 11 is 0. The second kappa shape index (κ2) is 5.18. The molecule has 3 fully saturated rings. The molecule has 1 aromatic carbocycles. The molecule has 120 valence electrons. The van der Waals surface area contributed by atoms with Crippen LogP contribution in [-0.4, -0.2) is 28.7 Å². The fourth-order valence-corrected chi connectivity index (χ4v) is 4.73. The van der Waals surface area contributed by atoms with Crippen molar-refractivity contribution in [2.45, 2.75) is 44.7 Å². The van der Waals surface area contributed by atoms with Gasteiger partial charge in [-0.15, -0.1) is 0 Å². The topological polar surface area (TPSA) is 66.5 Å². The molecular formula is C18H20N2O3. The maximum absolute atomic E-state index is 13.0. The normalized spacial score (nSPS) is 33.2. The van der Waals surface area contributed by atoms with E-state index in [-0.39, 0.29) is 30.2 Å². The summed E-state index contributed by atoms with van der Waals surface area (Å²) in [5.41, 5.74) is 0.366. The van der Waals surface area contributed by atoms with Crippen molar-refractivity contribution in [3.8, 4) is 0 Å². The molecule has 2 heterocycles. The third kappa shape index (κ3) is 2.02. The lowest BCUT2D eigenvalue weighted by molar-refractivity contribution is -0.149. The van der Waals surface area contributed by atoms with E-state index in [1.807, 2.05) is 35.2 Å². The molecule has 3 atom stereocenters. The zero-order chi connectivity index (χ0) is 16.0. The number of nitrogens with zero attached hydrogens (tertiary/aromatic N) is 1. The van der Waals surface area contributed by atoms with Gasteiger partial charge in [0.25, 0.3) is 0 Å². The molecule has 1 aromatic rings. The Balaban J connectivity index is 1.73. The lowest BCUT2D eigenvalue weighted by atomic mass is 9.62. The summed E-state index contributed by atoms with van der Waals surface area (Å²) in [5.74, 6) is -1.04.